The number of rotatable bonds is 14. The van der Waals surface area contributed by atoms with Crippen molar-refractivity contribution >= 4 is 39.7 Å². The Balaban J connectivity index is 5.05. The van der Waals surface area contributed by atoms with Crippen molar-refractivity contribution in [3.63, 3.8) is 0 Å². The van der Waals surface area contributed by atoms with E-state index in [9.17, 15) is 4.79 Å². The molecule has 166 valence electrons. The van der Waals surface area contributed by atoms with Crippen molar-refractivity contribution in [1.29, 1.82) is 0 Å². The standard InChI is InChI=1S/C18H42O6Si4/c1-12-21-18(19)17(2)16-20-14-13-15-28(22-25(3,4)5,23-26(6,7)8)24-27(9,10)11/h2,12-16H2,1,3-11H3. The Morgan fingerprint density at radius 2 is 1.25 bits per heavy atom. The summed E-state index contributed by atoms with van der Waals surface area (Å²) in [7, 11) is -8.41. The Labute approximate surface area is 176 Å². The van der Waals surface area contributed by atoms with E-state index in [0.29, 0.717) is 18.8 Å². The fourth-order valence-corrected chi connectivity index (χ4v) is 17.1. The topological polar surface area (TPSA) is 63.2 Å². The van der Waals surface area contributed by atoms with E-state index in [2.05, 4.69) is 65.5 Å². The zero-order chi connectivity index (χ0) is 22.2. The number of esters is 1. The molecule has 0 fully saturated rings. The van der Waals surface area contributed by atoms with E-state index in [1.165, 1.54) is 0 Å². The third-order valence-corrected chi connectivity index (χ3v) is 15.0. The van der Waals surface area contributed by atoms with Crippen molar-refractivity contribution in [1.82, 2.24) is 0 Å². The number of carbonyl (C=O) groups is 1. The molecule has 0 radical (unpaired) electrons. The number of hydrogen-bond donors (Lipinski definition) is 0. The Morgan fingerprint density at radius 3 is 1.61 bits per heavy atom. The van der Waals surface area contributed by atoms with Gasteiger partial charge in [0.05, 0.1) is 18.8 Å². The second kappa shape index (κ2) is 11.3. The van der Waals surface area contributed by atoms with Gasteiger partial charge in [-0.1, -0.05) is 6.58 Å². The van der Waals surface area contributed by atoms with Gasteiger partial charge in [-0.2, -0.15) is 0 Å². The van der Waals surface area contributed by atoms with Gasteiger partial charge in [0.15, 0.2) is 25.0 Å². The zero-order valence-electron chi connectivity index (χ0n) is 19.7. The molecule has 0 unspecified atom stereocenters. The van der Waals surface area contributed by atoms with E-state index < -0.39 is 39.7 Å². The van der Waals surface area contributed by atoms with E-state index in [1.807, 2.05) is 0 Å². The summed E-state index contributed by atoms with van der Waals surface area (Å²) in [5.41, 5.74) is 0.334. The molecule has 6 nitrogen and oxygen atoms in total. The molecule has 0 aromatic carbocycles. The molecule has 0 heterocycles. The van der Waals surface area contributed by atoms with E-state index >= 15 is 0 Å². The molecule has 0 saturated carbocycles. The highest BCUT2D eigenvalue weighted by atomic mass is 28.5. The zero-order valence-corrected chi connectivity index (χ0v) is 23.7. The summed E-state index contributed by atoms with van der Waals surface area (Å²) in [6, 6.07) is 0.720. The first kappa shape index (κ1) is 27.9. The highest BCUT2D eigenvalue weighted by molar-refractivity contribution is 6.90. The summed E-state index contributed by atoms with van der Waals surface area (Å²) >= 11 is 0. The molecule has 28 heavy (non-hydrogen) atoms. The Hall–Kier alpha value is -0.0825. The molecular formula is C18H42O6Si4. The second-order valence-corrected chi connectivity index (χ2v) is 26.8. The Kier molecular flexibility index (Phi) is 11.3. The van der Waals surface area contributed by atoms with Crippen LogP contribution >= 0.6 is 0 Å². The van der Waals surface area contributed by atoms with Gasteiger partial charge >= 0.3 is 14.8 Å². The van der Waals surface area contributed by atoms with Gasteiger partial charge in [-0.15, -0.1) is 0 Å². The molecule has 0 amide bonds. The lowest BCUT2D eigenvalue weighted by Crippen LogP contribution is -2.60. The first-order valence-corrected chi connectivity index (χ1v) is 22.2. The van der Waals surface area contributed by atoms with Gasteiger partial charge in [0, 0.05) is 12.7 Å². The van der Waals surface area contributed by atoms with Gasteiger partial charge in [0.25, 0.3) is 0 Å². The minimum atomic E-state index is -2.82. The summed E-state index contributed by atoms with van der Waals surface area (Å²) in [5.74, 6) is -0.405. The lowest BCUT2D eigenvalue weighted by Gasteiger charge is -2.42. The predicted octanol–water partition coefficient (Wildman–Crippen LogP) is 5.01. The summed E-state index contributed by atoms with van der Waals surface area (Å²) in [6.45, 7) is 26.1. The van der Waals surface area contributed by atoms with Crippen LogP contribution in [-0.2, 0) is 26.6 Å². The lowest BCUT2D eigenvalue weighted by atomic mass is 10.3. The van der Waals surface area contributed by atoms with Crippen molar-refractivity contribution in [2.75, 3.05) is 19.8 Å². The van der Waals surface area contributed by atoms with Crippen LogP contribution in [0.2, 0.25) is 65.0 Å². The molecule has 0 aromatic heterocycles. The van der Waals surface area contributed by atoms with Crippen LogP contribution in [0.4, 0.5) is 0 Å². The number of hydrogen-bond acceptors (Lipinski definition) is 6. The van der Waals surface area contributed by atoms with E-state index in [4.69, 9.17) is 21.8 Å². The van der Waals surface area contributed by atoms with Crippen LogP contribution in [0.15, 0.2) is 12.2 Å². The quantitative estimate of drug-likeness (QED) is 0.155. The normalized spacial score (nSPS) is 13.5. The fourth-order valence-electron chi connectivity index (χ4n) is 2.49. The molecule has 0 aliphatic heterocycles. The van der Waals surface area contributed by atoms with Gasteiger partial charge in [-0.3, -0.25) is 0 Å². The average Bonchev–Trinajstić information content (AvgIpc) is 2.40. The van der Waals surface area contributed by atoms with Crippen LogP contribution in [0.5, 0.6) is 0 Å². The molecule has 0 rings (SSSR count). The third-order valence-electron chi connectivity index (χ3n) is 3.00. The second-order valence-electron chi connectivity index (χ2n) is 9.81. The Bertz CT molecular complexity index is 465. The van der Waals surface area contributed by atoms with Crippen LogP contribution in [0.3, 0.4) is 0 Å². The molecule has 0 aliphatic carbocycles. The van der Waals surface area contributed by atoms with Crippen molar-refractivity contribution in [3.8, 4) is 0 Å². The highest BCUT2D eigenvalue weighted by Gasteiger charge is 2.49. The van der Waals surface area contributed by atoms with Crippen molar-refractivity contribution in [3.05, 3.63) is 12.2 Å². The largest absolute Gasteiger partial charge is 0.469 e. The van der Waals surface area contributed by atoms with Gasteiger partial charge in [-0.25, -0.2) is 4.79 Å². The number of carbonyl (C=O) groups excluding carboxylic acids is 1. The number of ether oxygens (including phenoxy) is 2. The molecule has 0 atom stereocenters. The smallest absolute Gasteiger partial charge is 0.463 e. The van der Waals surface area contributed by atoms with Gasteiger partial charge in [0.2, 0.25) is 0 Å². The van der Waals surface area contributed by atoms with E-state index in [1.54, 1.807) is 6.92 Å². The fraction of sp³-hybridized carbons (Fsp3) is 0.833. The summed E-state index contributed by atoms with van der Waals surface area (Å²) in [4.78, 5) is 11.6. The SMILES string of the molecule is C=C(COCCC[Si](O[Si](C)(C)C)(O[Si](C)(C)C)O[Si](C)(C)C)C(=O)OCC. The molecular weight excluding hydrogens is 425 g/mol. The summed E-state index contributed by atoms with van der Waals surface area (Å²) < 4.78 is 30.5. The summed E-state index contributed by atoms with van der Waals surface area (Å²) in [6.07, 6.45) is 0.752. The molecule has 0 aliphatic rings. The van der Waals surface area contributed by atoms with Crippen LogP contribution in [0, 0.1) is 0 Å². The van der Waals surface area contributed by atoms with Crippen LogP contribution in [0.25, 0.3) is 0 Å². The minimum absolute atomic E-state index is 0.173. The van der Waals surface area contributed by atoms with E-state index in [0.717, 1.165) is 12.5 Å². The molecule has 0 saturated heterocycles. The molecule has 0 spiro atoms. The maximum atomic E-state index is 11.6. The first-order valence-electron chi connectivity index (χ1n) is 10.0. The molecule has 10 heteroatoms. The molecule has 0 aromatic rings. The predicted molar refractivity (Wildman–Crippen MR) is 125 cm³/mol. The Morgan fingerprint density at radius 1 is 0.821 bits per heavy atom. The van der Waals surface area contributed by atoms with E-state index in [-0.39, 0.29) is 6.61 Å². The van der Waals surface area contributed by atoms with Crippen LogP contribution in [0.1, 0.15) is 13.3 Å². The minimum Gasteiger partial charge on any atom is -0.463 e. The van der Waals surface area contributed by atoms with Crippen LogP contribution < -0.4 is 0 Å². The van der Waals surface area contributed by atoms with Crippen molar-refractivity contribution in [2.24, 2.45) is 0 Å². The highest BCUT2D eigenvalue weighted by Crippen LogP contribution is 2.29. The van der Waals surface area contributed by atoms with Crippen LogP contribution in [-0.4, -0.2) is 59.5 Å². The summed E-state index contributed by atoms with van der Waals surface area (Å²) in [5, 5.41) is 0. The molecule has 0 bridgehead atoms. The average molecular weight is 467 g/mol. The van der Waals surface area contributed by atoms with Crippen molar-refractivity contribution in [2.45, 2.75) is 78.3 Å². The maximum absolute atomic E-state index is 11.6. The van der Waals surface area contributed by atoms with Gasteiger partial charge < -0.3 is 21.8 Å². The maximum Gasteiger partial charge on any atom is 0.469 e. The monoisotopic (exact) mass is 466 g/mol. The lowest BCUT2D eigenvalue weighted by molar-refractivity contribution is -0.139. The molecule has 0 N–H and O–H groups in total. The third kappa shape index (κ3) is 14.0. The van der Waals surface area contributed by atoms with Gasteiger partial charge in [0.1, 0.15) is 0 Å². The van der Waals surface area contributed by atoms with Gasteiger partial charge in [-0.05, 0) is 72.3 Å². The van der Waals surface area contributed by atoms with Crippen molar-refractivity contribution < 1.29 is 26.6 Å². The first-order chi connectivity index (χ1) is 12.5.